The number of hydrogen-bond acceptors (Lipinski definition) is 2. The molecule has 0 aliphatic carbocycles. The van der Waals surface area contributed by atoms with Gasteiger partial charge in [0.2, 0.25) is 0 Å². The van der Waals surface area contributed by atoms with E-state index in [2.05, 4.69) is 32.2 Å². The van der Waals surface area contributed by atoms with Gasteiger partial charge < -0.3 is 10.1 Å². The Kier molecular flexibility index (Phi) is 5.43. The van der Waals surface area contributed by atoms with Crippen molar-refractivity contribution in [1.82, 2.24) is 0 Å². The molecule has 2 aromatic rings. The maximum atomic E-state index is 12.1. The van der Waals surface area contributed by atoms with Crippen LogP contribution < -0.4 is 10.1 Å². The van der Waals surface area contributed by atoms with Crippen molar-refractivity contribution in [3.05, 3.63) is 58.7 Å². The fourth-order valence-electron chi connectivity index (χ4n) is 2.29. The van der Waals surface area contributed by atoms with Crippen LogP contribution in [0, 0.1) is 20.8 Å². The fraction of sp³-hybridized carbons (Fsp3) is 0.350. The molecule has 1 N–H and O–H groups in total. The zero-order valence-electron chi connectivity index (χ0n) is 14.6. The molecule has 23 heavy (non-hydrogen) atoms. The second-order valence-corrected chi connectivity index (χ2v) is 6.32. The van der Waals surface area contributed by atoms with Crippen molar-refractivity contribution in [2.24, 2.45) is 0 Å². The van der Waals surface area contributed by atoms with Gasteiger partial charge in [0.1, 0.15) is 5.75 Å². The predicted octanol–water partition coefficient (Wildman–Crippen LogP) is 4.75. The number of nitrogens with one attached hydrogen (secondary N) is 1. The summed E-state index contributed by atoms with van der Waals surface area (Å²) < 4.78 is 5.70. The summed E-state index contributed by atoms with van der Waals surface area (Å²) in [5, 5.41) is 2.87. The summed E-state index contributed by atoms with van der Waals surface area (Å²) >= 11 is 0. The van der Waals surface area contributed by atoms with E-state index in [9.17, 15) is 4.79 Å². The van der Waals surface area contributed by atoms with Crippen LogP contribution in [0.15, 0.2) is 36.4 Å². The van der Waals surface area contributed by atoms with E-state index in [-0.39, 0.29) is 12.5 Å². The van der Waals surface area contributed by atoms with Gasteiger partial charge in [0.15, 0.2) is 6.61 Å². The Morgan fingerprint density at radius 2 is 1.70 bits per heavy atom. The highest BCUT2D eigenvalue weighted by atomic mass is 16.5. The first-order valence-electron chi connectivity index (χ1n) is 7.97. The largest absolute Gasteiger partial charge is 0.483 e. The summed E-state index contributed by atoms with van der Waals surface area (Å²) in [5.41, 5.74) is 5.41. The van der Waals surface area contributed by atoms with E-state index in [1.807, 2.05) is 44.2 Å². The van der Waals surface area contributed by atoms with Crippen molar-refractivity contribution < 1.29 is 9.53 Å². The van der Waals surface area contributed by atoms with Gasteiger partial charge in [-0.05, 0) is 67.1 Å². The van der Waals surface area contributed by atoms with Crippen LogP contribution in [-0.2, 0) is 4.79 Å². The quantitative estimate of drug-likeness (QED) is 0.865. The highest BCUT2D eigenvalue weighted by molar-refractivity contribution is 5.92. The molecular formula is C20H25NO2. The maximum Gasteiger partial charge on any atom is 0.262 e. The van der Waals surface area contributed by atoms with Crippen LogP contribution in [0.3, 0.4) is 0 Å². The van der Waals surface area contributed by atoms with Gasteiger partial charge in [-0.3, -0.25) is 4.79 Å². The standard InChI is InChI=1S/C20H25NO2/c1-13(2)17-8-6-15(4)19(11-17)23-12-20(22)21-18-9-7-14(3)16(5)10-18/h6-11,13H,12H2,1-5H3,(H,21,22). The summed E-state index contributed by atoms with van der Waals surface area (Å²) in [6.07, 6.45) is 0. The van der Waals surface area contributed by atoms with Gasteiger partial charge in [-0.1, -0.05) is 32.0 Å². The molecule has 0 radical (unpaired) electrons. The Morgan fingerprint density at radius 1 is 1.00 bits per heavy atom. The zero-order valence-corrected chi connectivity index (χ0v) is 14.6. The monoisotopic (exact) mass is 311 g/mol. The van der Waals surface area contributed by atoms with Crippen LogP contribution in [0.25, 0.3) is 0 Å². The van der Waals surface area contributed by atoms with E-state index < -0.39 is 0 Å². The maximum absolute atomic E-state index is 12.1. The summed E-state index contributed by atoms with van der Waals surface area (Å²) in [6.45, 7) is 10.4. The molecule has 0 aliphatic rings. The summed E-state index contributed by atoms with van der Waals surface area (Å²) in [7, 11) is 0. The van der Waals surface area contributed by atoms with E-state index in [1.54, 1.807) is 0 Å². The molecule has 2 aromatic carbocycles. The number of carbonyl (C=O) groups excluding carboxylic acids is 1. The third-order valence-corrected chi connectivity index (χ3v) is 4.03. The third-order valence-electron chi connectivity index (χ3n) is 4.03. The highest BCUT2D eigenvalue weighted by Gasteiger charge is 2.08. The minimum Gasteiger partial charge on any atom is -0.483 e. The Hall–Kier alpha value is -2.29. The van der Waals surface area contributed by atoms with Crippen LogP contribution in [0.4, 0.5) is 5.69 Å². The molecular weight excluding hydrogens is 286 g/mol. The lowest BCUT2D eigenvalue weighted by atomic mass is 10.0. The van der Waals surface area contributed by atoms with Gasteiger partial charge >= 0.3 is 0 Å². The zero-order chi connectivity index (χ0) is 17.0. The minimum absolute atomic E-state index is 0.00924. The molecule has 1 amide bonds. The van der Waals surface area contributed by atoms with Gasteiger partial charge in [-0.2, -0.15) is 0 Å². The highest BCUT2D eigenvalue weighted by Crippen LogP contribution is 2.24. The average molecular weight is 311 g/mol. The molecule has 0 bridgehead atoms. The van der Waals surface area contributed by atoms with E-state index >= 15 is 0 Å². The number of carbonyl (C=O) groups is 1. The molecule has 0 aromatic heterocycles. The SMILES string of the molecule is Cc1ccc(NC(=O)COc2cc(C(C)C)ccc2C)cc1C. The van der Waals surface area contributed by atoms with E-state index in [0.717, 1.165) is 22.6 Å². The van der Waals surface area contributed by atoms with Crippen molar-refractivity contribution >= 4 is 11.6 Å². The number of benzene rings is 2. The molecule has 0 saturated heterocycles. The second-order valence-electron chi connectivity index (χ2n) is 6.32. The molecule has 0 aliphatic heterocycles. The van der Waals surface area contributed by atoms with Crippen molar-refractivity contribution in [2.75, 3.05) is 11.9 Å². The Balaban J connectivity index is 1.99. The van der Waals surface area contributed by atoms with E-state index in [0.29, 0.717) is 5.92 Å². The van der Waals surface area contributed by atoms with Gasteiger partial charge in [0.05, 0.1) is 0 Å². The topological polar surface area (TPSA) is 38.3 Å². The van der Waals surface area contributed by atoms with Crippen LogP contribution in [0.5, 0.6) is 5.75 Å². The van der Waals surface area contributed by atoms with Gasteiger partial charge in [-0.25, -0.2) is 0 Å². The fourth-order valence-corrected chi connectivity index (χ4v) is 2.29. The first-order valence-corrected chi connectivity index (χ1v) is 7.97. The summed E-state index contributed by atoms with van der Waals surface area (Å²) in [4.78, 5) is 12.1. The number of rotatable bonds is 5. The second kappa shape index (κ2) is 7.32. The molecule has 122 valence electrons. The molecule has 0 atom stereocenters. The average Bonchev–Trinajstić information content (AvgIpc) is 2.50. The number of amides is 1. The third kappa shape index (κ3) is 4.59. The number of aryl methyl sites for hydroxylation is 3. The number of ether oxygens (including phenoxy) is 1. The van der Waals surface area contributed by atoms with E-state index in [1.165, 1.54) is 11.1 Å². The molecule has 0 saturated carbocycles. The van der Waals surface area contributed by atoms with Gasteiger partial charge in [0, 0.05) is 5.69 Å². The van der Waals surface area contributed by atoms with Gasteiger partial charge in [-0.15, -0.1) is 0 Å². The molecule has 0 fully saturated rings. The van der Waals surface area contributed by atoms with Crippen LogP contribution >= 0.6 is 0 Å². The lowest BCUT2D eigenvalue weighted by Gasteiger charge is -2.13. The van der Waals surface area contributed by atoms with E-state index in [4.69, 9.17) is 4.74 Å². The first kappa shape index (κ1) is 17.1. The Labute approximate surface area is 138 Å². The Bertz CT molecular complexity index is 705. The smallest absolute Gasteiger partial charge is 0.262 e. The molecule has 0 unspecified atom stereocenters. The molecule has 3 heteroatoms. The summed E-state index contributed by atoms with van der Waals surface area (Å²) in [5.74, 6) is 1.05. The van der Waals surface area contributed by atoms with Crippen LogP contribution in [0.1, 0.15) is 42.0 Å². The van der Waals surface area contributed by atoms with Crippen molar-refractivity contribution in [3.63, 3.8) is 0 Å². The van der Waals surface area contributed by atoms with Crippen LogP contribution in [-0.4, -0.2) is 12.5 Å². The van der Waals surface area contributed by atoms with Crippen molar-refractivity contribution in [1.29, 1.82) is 0 Å². The number of anilines is 1. The lowest BCUT2D eigenvalue weighted by Crippen LogP contribution is -2.20. The molecule has 0 heterocycles. The normalized spacial score (nSPS) is 10.7. The Morgan fingerprint density at radius 3 is 2.35 bits per heavy atom. The van der Waals surface area contributed by atoms with Crippen LogP contribution in [0.2, 0.25) is 0 Å². The minimum atomic E-state index is -0.150. The van der Waals surface area contributed by atoms with Gasteiger partial charge in [0.25, 0.3) is 5.91 Å². The lowest BCUT2D eigenvalue weighted by molar-refractivity contribution is -0.118. The van der Waals surface area contributed by atoms with Crippen molar-refractivity contribution in [2.45, 2.75) is 40.5 Å². The number of hydrogen-bond donors (Lipinski definition) is 1. The van der Waals surface area contributed by atoms with Crippen molar-refractivity contribution in [3.8, 4) is 5.75 Å². The molecule has 2 rings (SSSR count). The first-order chi connectivity index (χ1) is 10.9. The predicted molar refractivity (Wildman–Crippen MR) is 95.3 cm³/mol. The summed E-state index contributed by atoms with van der Waals surface area (Å²) in [6, 6.07) is 12.0. The molecule has 3 nitrogen and oxygen atoms in total. The molecule has 0 spiro atoms.